The molecule has 0 saturated heterocycles. The van der Waals surface area contributed by atoms with Gasteiger partial charge in [-0.1, -0.05) is 0 Å². The lowest BCUT2D eigenvalue weighted by Gasteiger charge is -2.05. The molecule has 0 spiro atoms. The highest BCUT2D eigenvalue weighted by atomic mass is 32.1. The minimum absolute atomic E-state index is 0.700. The number of hydrogen-bond acceptors (Lipinski definition) is 3. The zero-order valence-electron chi connectivity index (χ0n) is 5.76. The highest BCUT2D eigenvalue weighted by Crippen LogP contribution is 1.80. The van der Waals surface area contributed by atoms with Gasteiger partial charge in [-0.25, -0.2) is 0 Å². The summed E-state index contributed by atoms with van der Waals surface area (Å²) in [7, 11) is -1.15. The van der Waals surface area contributed by atoms with Crippen LogP contribution in [0.4, 0.5) is 0 Å². The van der Waals surface area contributed by atoms with E-state index in [1.165, 1.54) is 0 Å². The Labute approximate surface area is 63.0 Å². The molecule has 0 aromatic heterocycles. The molecule has 0 amide bonds. The van der Waals surface area contributed by atoms with Crippen LogP contribution in [0.5, 0.6) is 0 Å². The first-order chi connectivity index (χ1) is 4.35. The largest absolute Gasteiger partial charge is 0.523 e. The van der Waals surface area contributed by atoms with Gasteiger partial charge >= 0.3 is 8.90 Å². The fourth-order valence-electron chi connectivity index (χ4n) is 0.401. The van der Waals surface area contributed by atoms with Crippen LogP contribution in [0.2, 0.25) is 0 Å². The molecule has 0 atom stereocenters. The van der Waals surface area contributed by atoms with Gasteiger partial charge in [-0.3, -0.25) is 0 Å². The molecular weight excluding hydrogens is 152 g/mol. The van der Waals surface area contributed by atoms with Crippen LogP contribution in [0, 0.1) is 0 Å². The molecule has 54 valence electrons. The van der Waals surface area contributed by atoms with Crippen molar-refractivity contribution in [2.75, 3.05) is 13.2 Å². The molecule has 0 radical (unpaired) electrons. The maximum atomic E-state index is 5.18. The van der Waals surface area contributed by atoms with Crippen LogP contribution < -0.4 is 0 Å². The summed E-state index contributed by atoms with van der Waals surface area (Å²) >= 11 is 3.95. The monoisotopic (exact) mass is 164 g/mol. The maximum Gasteiger partial charge on any atom is 0.486 e. The molecule has 0 N–H and O–H groups in total. The number of rotatable bonds is 4. The van der Waals surface area contributed by atoms with Crippen molar-refractivity contribution in [2.45, 2.75) is 13.8 Å². The van der Waals surface area contributed by atoms with Crippen molar-refractivity contribution in [3.8, 4) is 0 Å². The van der Waals surface area contributed by atoms with Crippen LogP contribution >= 0.6 is 12.6 Å². The lowest BCUT2D eigenvalue weighted by molar-refractivity contribution is 0.235. The molecule has 0 bridgehead atoms. The molecule has 0 aliphatic rings. The van der Waals surface area contributed by atoms with Crippen molar-refractivity contribution < 1.29 is 8.85 Å². The van der Waals surface area contributed by atoms with Crippen LogP contribution in [0.25, 0.3) is 0 Å². The van der Waals surface area contributed by atoms with Crippen LogP contribution in [0.3, 0.4) is 0 Å². The predicted octanol–water partition coefficient (Wildman–Crippen LogP) is 0.819. The second kappa shape index (κ2) is 6.16. The summed E-state index contributed by atoms with van der Waals surface area (Å²) in [6, 6.07) is 0. The van der Waals surface area contributed by atoms with Crippen LogP contribution in [0.15, 0.2) is 0 Å². The molecule has 0 fully saturated rings. The van der Waals surface area contributed by atoms with Crippen molar-refractivity contribution in [3.05, 3.63) is 0 Å². The Bertz CT molecular complexity index is 87.0. The van der Waals surface area contributed by atoms with E-state index in [1.807, 2.05) is 13.8 Å². The third-order valence-electron chi connectivity index (χ3n) is 0.679. The summed E-state index contributed by atoms with van der Waals surface area (Å²) in [6.07, 6.45) is 0. The van der Waals surface area contributed by atoms with Crippen molar-refractivity contribution in [1.29, 1.82) is 0 Å². The van der Waals surface area contributed by atoms with Crippen LogP contribution in [0.1, 0.15) is 13.8 Å². The van der Waals surface area contributed by atoms with E-state index in [-0.39, 0.29) is 0 Å². The van der Waals surface area contributed by atoms with E-state index in [0.29, 0.717) is 13.2 Å². The predicted molar refractivity (Wildman–Crippen MR) is 44.1 cm³/mol. The smallest absolute Gasteiger partial charge is 0.486 e. The van der Waals surface area contributed by atoms with Gasteiger partial charge in [-0.05, 0) is 13.8 Å². The van der Waals surface area contributed by atoms with Gasteiger partial charge in [0.2, 0.25) is 0 Å². The van der Waals surface area contributed by atoms with E-state index in [2.05, 4.69) is 12.6 Å². The Morgan fingerprint density at radius 1 is 1.33 bits per heavy atom. The van der Waals surface area contributed by atoms with Gasteiger partial charge in [0.25, 0.3) is 0 Å². The molecule has 0 unspecified atom stereocenters. The van der Waals surface area contributed by atoms with Gasteiger partial charge in [0, 0.05) is 5.00 Å². The molecule has 0 rings (SSSR count). The minimum Gasteiger partial charge on any atom is -0.523 e. The van der Waals surface area contributed by atoms with Gasteiger partial charge in [0.05, 0.1) is 13.2 Å². The fourth-order valence-corrected chi connectivity index (χ4v) is 1.65. The molecular formula is C5H12O2SSi. The average Bonchev–Trinajstić information content (AvgIpc) is 1.88. The van der Waals surface area contributed by atoms with Gasteiger partial charge in [0.1, 0.15) is 0 Å². The Morgan fingerprint density at radius 2 is 1.78 bits per heavy atom. The van der Waals surface area contributed by atoms with Gasteiger partial charge in [0.15, 0.2) is 0 Å². The zero-order valence-corrected chi connectivity index (χ0v) is 7.65. The first kappa shape index (κ1) is 9.04. The minimum atomic E-state index is -1.15. The summed E-state index contributed by atoms with van der Waals surface area (Å²) in [6.45, 7) is 5.29. The summed E-state index contributed by atoms with van der Waals surface area (Å²) in [5.74, 6) is 0. The van der Waals surface area contributed by atoms with E-state index in [4.69, 9.17) is 8.85 Å². The molecule has 2 nitrogen and oxygen atoms in total. The van der Waals surface area contributed by atoms with E-state index in [9.17, 15) is 0 Å². The fraction of sp³-hybridized carbons (Fsp3) is 0.800. The third-order valence-corrected chi connectivity index (χ3v) is 2.67. The SMILES string of the molecule is CCO[Si](=CS)OCC. The Hall–Kier alpha value is 0.0369. The molecule has 4 heteroatoms. The second-order valence-corrected chi connectivity index (χ2v) is 3.56. The van der Waals surface area contributed by atoms with Crippen LogP contribution in [-0.2, 0) is 8.85 Å². The van der Waals surface area contributed by atoms with Crippen molar-refractivity contribution in [1.82, 2.24) is 0 Å². The van der Waals surface area contributed by atoms with E-state index in [0.717, 1.165) is 0 Å². The highest BCUT2D eigenvalue weighted by Gasteiger charge is 1.97. The van der Waals surface area contributed by atoms with E-state index >= 15 is 0 Å². The third kappa shape index (κ3) is 4.53. The van der Waals surface area contributed by atoms with E-state index in [1.54, 1.807) is 5.00 Å². The average molecular weight is 164 g/mol. The Kier molecular flexibility index (Phi) is 6.19. The quantitative estimate of drug-likeness (QED) is 0.490. The first-order valence-electron chi connectivity index (χ1n) is 2.95. The Morgan fingerprint density at radius 3 is 2.00 bits per heavy atom. The molecule has 9 heavy (non-hydrogen) atoms. The normalized spacial score (nSPS) is 8.33. The number of thiol groups is 1. The second-order valence-electron chi connectivity index (χ2n) is 1.31. The molecule has 0 aromatic carbocycles. The molecule has 0 heterocycles. The first-order valence-corrected chi connectivity index (χ1v) is 4.86. The Balaban J connectivity index is 3.43. The van der Waals surface area contributed by atoms with Crippen molar-refractivity contribution >= 4 is 26.5 Å². The van der Waals surface area contributed by atoms with Crippen LogP contribution in [-0.4, -0.2) is 27.1 Å². The maximum absolute atomic E-state index is 5.18. The van der Waals surface area contributed by atoms with E-state index < -0.39 is 8.90 Å². The molecule has 0 aliphatic heterocycles. The van der Waals surface area contributed by atoms with Gasteiger partial charge in [-0.2, -0.15) is 0 Å². The van der Waals surface area contributed by atoms with Crippen molar-refractivity contribution in [3.63, 3.8) is 0 Å². The molecule has 0 aliphatic carbocycles. The lowest BCUT2D eigenvalue weighted by atomic mass is 10.9. The number of hydrogen-bond donors (Lipinski definition) is 1. The lowest BCUT2D eigenvalue weighted by Crippen LogP contribution is -2.14. The summed E-state index contributed by atoms with van der Waals surface area (Å²) in [4.78, 5) is 0. The van der Waals surface area contributed by atoms with Gasteiger partial charge < -0.3 is 8.85 Å². The summed E-state index contributed by atoms with van der Waals surface area (Å²) < 4.78 is 10.4. The summed E-state index contributed by atoms with van der Waals surface area (Å²) in [5, 5.41) is 1.69. The molecule has 0 aromatic rings. The topological polar surface area (TPSA) is 18.5 Å². The molecule has 0 saturated carbocycles. The van der Waals surface area contributed by atoms with Gasteiger partial charge in [-0.15, -0.1) is 12.6 Å². The highest BCUT2D eigenvalue weighted by molar-refractivity contribution is 7.96. The zero-order chi connectivity index (χ0) is 7.11. The summed E-state index contributed by atoms with van der Waals surface area (Å²) in [5.41, 5.74) is 0. The van der Waals surface area contributed by atoms with Crippen molar-refractivity contribution in [2.24, 2.45) is 0 Å². The standard InChI is InChI=1S/C5H12O2SSi/c1-3-6-9(5-8)7-4-2/h5,8H,3-4H2,1-2H3.